The van der Waals surface area contributed by atoms with Crippen LogP contribution in [0.1, 0.15) is 223 Å². The Morgan fingerprint density at radius 1 is 0.286 bits per heavy atom. The molecule has 0 unspecified atom stereocenters. The maximum absolute atomic E-state index is 13.3. The topological polar surface area (TPSA) is 168 Å². The molecular formula is C70H88N2O12. The van der Waals surface area contributed by atoms with Gasteiger partial charge in [-0.25, -0.2) is 19.2 Å². The number of carbonyl (C=O) groups excluding carboxylic acids is 4. The fourth-order valence-electron chi connectivity index (χ4n) is 9.14. The van der Waals surface area contributed by atoms with Crippen LogP contribution >= 0.6 is 0 Å². The molecule has 6 aromatic rings. The number of nitrogens with zero attached hydrogens (tertiary/aromatic N) is 2. The van der Waals surface area contributed by atoms with Gasteiger partial charge >= 0.3 is 23.9 Å². The third-order valence-corrected chi connectivity index (χ3v) is 14.1. The number of hydrogen-bond donors (Lipinski definition) is 0. The van der Waals surface area contributed by atoms with Crippen molar-refractivity contribution in [2.45, 2.75) is 182 Å². The van der Waals surface area contributed by atoms with Crippen molar-refractivity contribution in [3.05, 3.63) is 144 Å². The zero-order valence-electron chi connectivity index (χ0n) is 50.1. The summed E-state index contributed by atoms with van der Waals surface area (Å²) in [5, 5.41) is 0. The van der Waals surface area contributed by atoms with Gasteiger partial charge in [0.2, 0.25) is 0 Å². The highest BCUT2D eigenvalue weighted by Crippen LogP contribution is 2.32. The van der Waals surface area contributed by atoms with E-state index in [2.05, 4.69) is 37.7 Å². The van der Waals surface area contributed by atoms with Gasteiger partial charge in [0.05, 0.1) is 60.1 Å². The molecule has 4 aromatic carbocycles. The second-order valence-electron chi connectivity index (χ2n) is 21.2. The number of pyridine rings is 2. The molecule has 2 aromatic heterocycles. The molecule has 84 heavy (non-hydrogen) atoms. The average molecular weight is 1150 g/mol. The minimum absolute atomic E-state index is 0.195. The molecule has 0 saturated heterocycles. The van der Waals surface area contributed by atoms with Crippen LogP contribution in [0, 0.1) is 0 Å². The molecule has 0 aliphatic heterocycles. The Hall–Kier alpha value is -7.74. The minimum Gasteiger partial charge on any atom is -0.490 e. The van der Waals surface area contributed by atoms with Gasteiger partial charge in [-0.1, -0.05) is 156 Å². The van der Waals surface area contributed by atoms with Gasteiger partial charge in [-0.3, -0.25) is 9.97 Å². The quantitative estimate of drug-likeness (QED) is 0.0202. The summed E-state index contributed by atoms with van der Waals surface area (Å²) < 4.78 is 47.2. The summed E-state index contributed by atoms with van der Waals surface area (Å²) in [6.45, 7) is 11.0. The molecular weight excluding hydrogens is 1060 g/mol. The second-order valence-corrected chi connectivity index (χ2v) is 21.2. The van der Waals surface area contributed by atoms with E-state index < -0.39 is 23.9 Å². The summed E-state index contributed by atoms with van der Waals surface area (Å²) in [4.78, 5) is 61.8. The predicted octanol–water partition coefficient (Wildman–Crippen LogP) is 18.0. The molecule has 0 atom stereocenters. The normalized spacial score (nSPS) is 11.0. The summed E-state index contributed by atoms with van der Waals surface area (Å²) in [6.07, 6.45) is 30.3. The molecule has 6 rings (SSSR count). The van der Waals surface area contributed by atoms with Gasteiger partial charge in [-0.2, -0.15) is 0 Å². The Morgan fingerprint density at radius 3 is 0.810 bits per heavy atom. The van der Waals surface area contributed by atoms with E-state index in [4.69, 9.17) is 37.9 Å². The summed E-state index contributed by atoms with van der Waals surface area (Å²) in [5.74, 6) is 0.866. The first kappa shape index (κ1) is 65.4. The van der Waals surface area contributed by atoms with Crippen LogP contribution in [0.2, 0.25) is 0 Å². The molecule has 0 N–H and O–H groups in total. The SMILES string of the molecule is CCCCCCCCOc1ccc(C(=O)Oc2ccc(OC(=O)c3ccc(-c4ccc(C(=O)Oc5ccc(OC(=O)c6ccc(OCCCCCCCC)c(OCCCCCCCC)c6)cc5)cn4)nc3)cc2)cc1OCCCCCCCC. The van der Waals surface area contributed by atoms with Crippen LogP contribution in [0.4, 0.5) is 0 Å². The second kappa shape index (κ2) is 38.2. The third-order valence-electron chi connectivity index (χ3n) is 14.1. The lowest BCUT2D eigenvalue weighted by Gasteiger charge is -2.14. The van der Waals surface area contributed by atoms with Gasteiger partial charge in [0.1, 0.15) is 23.0 Å². The average Bonchev–Trinajstić information content (AvgIpc) is 3.67. The Bertz CT molecular complexity index is 2680. The highest BCUT2D eigenvalue weighted by Gasteiger charge is 2.19. The van der Waals surface area contributed by atoms with Crippen LogP contribution < -0.4 is 37.9 Å². The van der Waals surface area contributed by atoms with Gasteiger partial charge in [0.15, 0.2) is 23.0 Å². The Kier molecular flexibility index (Phi) is 29.7. The van der Waals surface area contributed by atoms with Crippen LogP contribution in [0.5, 0.6) is 46.0 Å². The number of hydrogen-bond acceptors (Lipinski definition) is 14. The lowest BCUT2D eigenvalue weighted by molar-refractivity contribution is 0.0719. The highest BCUT2D eigenvalue weighted by atomic mass is 16.6. The van der Waals surface area contributed by atoms with Crippen molar-refractivity contribution in [1.29, 1.82) is 0 Å². The van der Waals surface area contributed by atoms with Crippen LogP contribution in [-0.2, 0) is 0 Å². The van der Waals surface area contributed by atoms with Crippen LogP contribution in [0.3, 0.4) is 0 Å². The van der Waals surface area contributed by atoms with E-state index in [9.17, 15) is 19.2 Å². The lowest BCUT2D eigenvalue weighted by Crippen LogP contribution is -2.11. The van der Waals surface area contributed by atoms with Crippen molar-refractivity contribution in [1.82, 2.24) is 9.97 Å². The zero-order valence-corrected chi connectivity index (χ0v) is 50.1. The van der Waals surface area contributed by atoms with Crippen molar-refractivity contribution in [3.63, 3.8) is 0 Å². The highest BCUT2D eigenvalue weighted by molar-refractivity contribution is 5.94. The van der Waals surface area contributed by atoms with Crippen molar-refractivity contribution >= 4 is 23.9 Å². The number of ether oxygens (including phenoxy) is 8. The summed E-state index contributed by atoms with van der Waals surface area (Å²) in [6, 6.07) is 29.0. The zero-order chi connectivity index (χ0) is 59.4. The van der Waals surface area contributed by atoms with Gasteiger partial charge in [0, 0.05) is 12.4 Å². The van der Waals surface area contributed by atoms with E-state index in [1.54, 1.807) is 84.9 Å². The van der Waals surface area contributed by atoms with Gasteiger partial charge in [-0.15, -0.1) is 0 Å². The van der Waals surface area contributed by atoms with Crippen molar-refractivity contribution in [2.75, 3.05) is 26.4 Å². The molecule has 14 heteroatoms. The Balaban J connectivity index is 0.958. The summed E-state index contributed by atoms with van der Waals surface area (Å²) in [7, 11) is 0. The number of benzene rings is 4. The fraction of sp³-hybridized carbons (Fsp3) is 0.457. The van der Waals surface area contributed by atoms with Crippen LogP contribution in [0.25, 0.3) is 11.4 Å². The molecule has 0 spiro atoms. The molecule has 0 fully saturated rings. The number of unbranched alkanes of at least 4 members (excludes halogenated alkanes) is 20. The number of esters is 4. The summed E-state index contributed by atoms with van der Waals surface area (Å²) >= 11 is 0. The Morgan fingerprint density at radius 2 is 0.536 bits per heavy atom. The number of rotatable bonds is 41. The first-order chi connectivity index (χ1) is 41.2. The smallest absolute Gasteiger partial charge is 0.345 e. The molecule has 0 aliphatic rings. The van der Waals surface area contributed by atoms with Crippen molar-refractivity contribution < 1.29 is 57.1 Å². The van der Waals surface area contributed by atoms with E-state index in [1.807, 2.05) is 0 Å². The van der Waals surface area contributed by atoms with Gasteiger partial charge in [-0.05, 0) is 135 Å². The standard InChI is InChI=1S/C70H88N2O12/c1-5-9-13-17-21-25-45-77-63-43-31-53(49-65(63)79-47-27-23-19-15-11-7-3)67(73)81-57-33-37-59(38-34-57)83-69(75)55-29-41-61(71-51-55)62-42-30-56(52-72-62)70(76)84-60-39-35-58(36-40-60)82-68(74)54-32-44-64(78-46-26-22-18-14-10-6-2)66(50-54)80-48-28-24-20-16-12-8-4/h29-44,49-52H,5-28,45-48H2,1-4H3. The first-order valence-corrected chi connectivity index (χ1v) is 31.0. The molecule has 0 bridgehead atoms. The first-order valence-electron chi connectivity index (χ1n) is 31.0. The van der Waals surface area contributed by atoms with Crippen LogP contribution in [-0.4, -0.2) is 60.3 Å². The van der Waals surface area contributed by atoms with E-state index in [0.717, 1.165) is 51.4 Å². The van der Waals surface area contributed by atoms with Crippen molar-refractivity contribution in [2.24, 2.45) is 0 Å². The molecule has 2 heterocycles. The molecule has 0 aliphatic carbocycles. The molecule has 450 valence electrons. The monoisotopic (exact) mass is 1150 g/mol. The fourth-order valence-corrected chi connectivity index (χ4v) is 9.14. The largest absolute Gasteiger partial charge is 0.490 e. The van der Waals surface area contributed by atoms with E-state index in [1.165, 1.54) is 139 Å². The number of aromatic nitrogens is 2. The third kappa shape index (κ3) is 23.5. The predicted molar refractivity (Wildman–Crippen MR) is 329 cm³/mol. The maximum atomic E-state index is 13.3. The lowest BCUT2D eigenvalue weighted by atomic mass is 10.1. The molecule has 0 amide bonds. The van der Waals surface area contributed by atoms with Gasteiger partial charge in [0.25, 0.3) is 0 Å². The number of carbonyl (C=O) groups is 4. The van der Waals surface area contributed by atoms with Crippen LogP contribution in [0.15, 0.2) is 122 Å². The van der Waals surface area contributed by atoms with E-state index >= 15 is 0 Å². The maximum Gasteiger partial charge on any atom is 0.345 e. The van der Waals surface area contributed by atoms with E-state index in [0.29, 0.717) is 71.9 Å². The molecule has 14 nitrogen and oxygen atoms in total. The molecule has 0 radical (unpaired) electrons. The Labute approximate surface area is 498 Å². The summed E-state index contributed by atoms with van der Waals surface area (Å²) in [5.41, 5.74) is 1.95. The minimum atomic E-state index is -0.643. The van der Waals surface area contributed by atoms with Crippen molar-refractivity contribution in [3.8, 4) is 57.4 Å². The van der Waals surface area contributed by atoms with Gasteiger partial charge < -0.3 is 37.9 Å². The molecule has 0 saturated carbocycles. The van der Waals surface area contributed by atoms with E-state index in [-0.39, 0.29) is 34.1 Å².